The van der Waals surface area contributed by atoms with Gasteiger partial charge in [0.25, 0.3) is 5.91 Å². The van der Waals surface area contributed by atoms with Gasteiger partial charge < -0.3 is 10.4 Å². The molecule has 1 aliphatic rings. The summed E-state index contributed by atoms with van der Waals surface area (Å²) < 4.78 is 27.8. The molecular formula is C24H22F2N6O2. The fourth-order valence-electron chi connectivity index (χ4n) is 4.14. The van der Waals surface area contributed by atoms with Crippen molar-refractivity contribution in [1.82, 2.24) is 25.1 Å². The molecule has 1 aliphatic heterocycles. The zero-order valence-corrected chi connectivity index (χ0v) is 18.1. The van der Waals surface area contributed by atoms with Gasteiger partial charge in [-0.2, -0.15) is 5.10 Å². The maximum atomic E-state index is 13.9. The molecule has 34 heavy (non-hydrogen) atoms. The van der Waals surface area contributed by atoms with Gasteiger partial charge in [-0.05, 0) is 42.2 Å². The van der Waals surface area contributed by atoms with Crippen molar-refractivity contribution in [3.05, 3.63) is 71.9 Å². The zero-order chi connectivity index (χ0) is 23.7. The van der Waals surface area contributed by atoms with Gasteiger partial charge in [-0.25, -0.2) is 8.78 Å². The van der Waals surface area contributed by atoms with Crippen LogP contribution in [0.1, 0.15) is 28.9 Å². The Bertz CT molecular complexity index is 1330. The summed E-state index contributed by atoms with van der Waals surface area (Å²) in [4.78, 5) is 22.8. The van der Waals surface area contributed by atoms with Crippen molar-refractivity contribution in [3.8, 4) is 11.1 Å². The van der Waals surface area contributed by atoms with Gasteiger partial charge in [0.2, 0.25) is 0 Å². The van der Waals surface area contributed by atoms with E-state index < -0.39 is 23.2 Å². The number of hydrogen-bond acceptors (Lipinski definition) is 6. The number of rotatable bonds is 5. The van der Waals surface area contributed by atoms with Crippen LogP contribution in [0.5, 0.6) is 0 Å². The standard InChI is InChI=1S/C24H22F2N6O2/c25-19-11-28-12-20(26)23(19)29-24(34)22-18-8-15(1-2-21(18)30-31-22)16-7-14(9-27-10-16)13-32-5-3-17(33)4-6-32/h1-2,7-12,17,33H,3-6,13H2,(H,30,31)(H,28,29,34). The average molecular weight is 464 g/mol. The molecule has 10 heteroatoms. The third-order valence-electron chi connectivity index (χ3n) is 5.96. The number of aliphatic hydroxyl groups excluding tert-OH is 1. The van der Waals surface area contributed by atoms with Gasteiger partial charge in [-0.15, -0.1) is 0 Å². The van der Waals surface area contributed by atoms with Gasteiger partial charge >= 0.3 is 0 Å². The third kappa shape index (κ3) is 4.50. The highest BCUT2D eigenvalue weighted by Gasteiger charge is 2.20. The van der Waals surface area contributed by atoms with E-state index in [4.69, 9.17) is 0 Å². The molecule has 174 valence electrons. The van der Waals surface area contributed by atoms with Gasteiger partial charge in [0, 0.05) is 43.0 Å². The second kappa shape index (κ2) is 9.24. The van der Waals surface area contributed by atoms with Crippen molar-refractivity contribution >= 4 is 22.5 Å². The van der Waals surface area contributed by atoms with E-state index in [0.29, 0.717) is 10.9 Å². The fourth-order valence-corrected chi connectivity index (χ4v) is 4.14. The lowest BCUT2D eigenvalue weighted by molar-refractivity contribution is 0.0792. The number of hydrogen-bond donors (Lipinski definition) is 3. The Hall–Kier alpha value is -3.76. The number of anilines is 1. The Labute approximate surface area is 193 Å². The molecule has 1 saturated heterocycles. The summed E-state index contributed by atoms with van der Waals surface area (Å²) in [5.41, 5.74) is 2.80. The summed E-state index contributed by atoms with van der Waals surface area (Å²) in [5.74, 6) is -2.69. The number of fused-ring (bicyclic) bond motifs is 1. The minimum Gasteiger partial charge on any atom is -0.393 e. The SMILES string of the molecule is O=C(Nc1c(F)cncc1F)c1n[nH]c2ccc(-c3cncc(CN4CCC(O)CC4)c3)cc12. The molecule has 1 aromatic carbocycles. The molecule has 3 aromatic heterocycles. The molecule has 4 aromatic rings. The van der Waals surface area contributed by atoms with E-state index in [-0.39, 0.29) is 11.8 Å². The van der Waals surface area contributed by atoms with Gasteiger partial charge in [0.15, 0.2) is 17.3 Å². The van der Waals surface area contributed by atoms with Crippen LogP contribution in [0.25, 0.3) is 22.0 Å². The van der Waals surface area contributed by atoms with Gasteiger partial charge in [0.05, 0.1) is 24.0 Å². The van der Waals surface area contributed by atoms with E-state index in [9.17, 15) is 18.7 Å². The summed E-state index contributed by atoms with van der Waals surface area (Å²) in [6, 6.07) is 7.52. The van der Waals surface area contributed by atoms with Gasteiger partial charge in [0.1, 0.15) is 5.69 Å². The number of carbonyl (C=O) groups is 1. The monoisotopic (exact) mass is 464 g/mol. The van der Waals surface area contributed by atoms with Crippen LogP contribution in [0.4, 0.5) is 14.5 Å². The molecule has 0 bridgehead atoms. The molecule has 0 aliphatic carbocycles. The van der Waals surface area contributed by atoms with Crippen LogP contribution >= 0.6 is 0 Å². The minimum atomic E-state index is -0.972. The average Bonchev–Trinajstić information content (AvgIpc) is 3.27. The van der Waals surface area contributed by atoms with Crippen LogP contribution in [0.3, 0.4) is 0 Å². The first-order chi connectivity index (χ1) is 16.5. The normalized spacial score (nSPS) is 15.0. The van der Waals surface area contributed by atoms with E-state index in [1.54, 1.807) is 18.3 Å². The molecule has 8 nitrogen and oxygen atoms in total. The molecule has 1 amide bonds. The molecule has 0 radical (unpaired) electrons. The molecule has 0 spiro atoms. The molecule has 0 atom stereocenters. The van der Waals surface area contributed by atoms with Crippen molar-refractivity contribution < 1.29 is 18.7 Å². The van der Waals surface area contributed by atoms with E-state index in [1.807, 2.05) is 18.3 Å². The second-order valence-corrected chi connectivity index (χ2v) is 8.35. The van der Waals surface area contributed by atoms with E-state index in [1.165, 1.54) is 0 Å². The number of carbonyl (C=O) groups excluding carboxylic acids is 1. The van der Waals surface area contributed by atoms with Crippen LogP contribution in [0, 0.1) is 11.6 Å². The molecule has 0 saturated carbocycles. The third-order valence-corrected chi connectivity index (χ3v) is 5.96. The van der Waals surface area contributed by atoms with Crippen molar-refractivity contribution in [1.29, 1.82) is 0 Å². The van der Waals surface area contributed by atoms with Crippen molar-refractivity contribution in [2.45, 2.75) is 25.5 Å². The van der Waals surface area contributed by atoms with Gasteiger partial charge in [-0.1, -0.05) is 6.07 Å². The van der Waals surface area contributed by atoms with E-state index in [2.05, 4.69) is 30.4 Å². The number of H-pyrrole nitrogens is 1. The smallest absolute Gasteiger partial charge is 0.276 e. The van der Waals surface area contributed by atoms with Gasteiger partial charge in [-0.3, -0.25) is 24.8 Å². The Morgan fingerprint density at radius 3 is 2.56 bits per heavy atom. The lowest BCUT2D eigenvalue weighted by atomic mass is 10.0. The fraction of sp³-hybridized carbons (Fsp3) is 0.250. The molecular weight excluding hydrogens is 442 g/mol. The second-order valence-electron chi connectivity index (χ2n) is 8.35. The van der Waals surface area contributed by atoms with E-state index in [0.717, 1.165) is 61.6 Å². The quantitative estimate of drug-likeness (QED) is 0.417. The van der Waals surface area contributed by atoms with Crippen LogP contribution in [0.15, 0.2) is 49.1 Å². The maximum Gasteiger partial charge on any atom is 0.276 e. The summed E-state index contributed by atoms with van der Waals surface area (Å²) >= 11 is 0. The Kier molecular flexibility index (Phi) is 5.99. The highest BCUT2D eigenvalue weighted by Crippen LogP contribution is 2.27. The number of pyridine rings is 2. The Morgan fingerprint density at radius 2 is 1.79 bits per heavy atom. The molecule has 4 heterocycles. The zero-order valence-electron chi connectivity index (χ0n) is 18.1. The number of amides is 1. The number of benzene rings is 1. The lowest BCUT2D eigenvalue weighted by Crippen LogP contribution is -2.35. The number of halogens is 2. The van der Waals surface area contributed by atoms with Crippen LogP contribution < -0.4 is 5.32 Å². The van der Waals surface area contributed by atoms with Crippen LogP contribution in [-0.4, -0.2) is 55.3 Å². The minimum absolute atomic E-state index is 0.0171. The van der Waals surface area contributed by atoms with Crippen molar-refractivity contribution in [3.63, 3.8) is 0 Å². The number of aromatic nitrogens is 4. The molecule has 0 unspecified atom stereocenters. The molecule has 3 N–H and O–H groups in total. The van der Waals surface area contributed by atoms with Crippen molar-refractivity contribution in [2.75, 3.05) is 18.4 Å². The topological polar surface area (TPSA) is 107 Å². The summed E-state index contributed by atoms with van der Waals surface area (Å²) in [6.07, 6.45) is 6.52. The number of likely N-dealkylation sites (tertiary alicyclic amines) is 1. The highest BCUT2D eigenvalue weighted by molar-refractivity contribution is 6.11. The lowest BCUT2D eigenvalue weighted by Gasteiger charge is -2.29. The largest absolute Gasteiger partial charge is 0.393 e. The van der Waals surface area contributed by atoms with Crippen molar-refractivity contribution in [2.24, 2.45) is 0 Å². The first-order valence-corrected chi connectivity index (χ1v) is 10.9. The van der Waals surface area contributed by atoms with E-state index >= 15 is 0 Å². The molecule has 1 fully saturated rings. The number of aromatic amines is 1. The number of piperidine rings is 1. The number of nitrogens with one attached hydrogen (secondary N) is 2. The summed E-state index contributed by atoms with van der Waals surface area (Å²) in [6.45, 7) is 2.41. The Balaban J connectivity index is 1.40. The summed E-state index contributed by atoms with van der Waals surface area (Å²) in [7, 11) is 0. The first kappa shape index (κ1) is 22.1. The predicted molar refractivity (Wildman–Crippen MR) is 122 cm³/mol. The maximum absolute atomic E-state index is 13.9. The predicted octanol–water partition coefficient (Wildman–Crippen LogP) is 3.51. The number of aliphatic hydroxyl groups is 1. The first-order valence-electron chi connectivity index (χ1n) is 10.9. The van der Waals surface area contributed by atoms with Crippen LogP contribution in [-0.2, 0) is 6.54 Å². The summed E-state index contributed by atoms with van der Waals surface area (Å²) in [5, 5.41) is 19.3. The number of nitrogens with zero attached hydrogens (tertiary/aromatic N) is 4. The van der Waals surface area contributed by atoms with Crippen LogP contribution in [0.2, 0.25) is 0 Å². The Morgan fingerprint density at radius 1 is 1.06 bits per heavy atom. The molecule has 5 rings (SSSR count). The highest BCUT2D eigenvalue weighted by atomic mass is 19.1.